The Morgan fingerprint density at radius 3 is 2.28 bits per heavy atom. The number of carbonyl (C=O) groups is 4. The molecule has 1 saturated heterocycles. The number of ether oxygens (including phenoxy) is 2. The molecule has 1 heterocycles. The third-order valence-electron chi connectivity index (χ3n) is 6.00. The van der Waals surface area contributed by atoms with Gasteiger partial charge < -0.3 is 24.6 Å². The number of rotatable bonds is 7. The Hall–Kier alpha value is -2.94. The van der Waals surface area contributed by atoms with Crippen molar-refractivity contribution in [3.63, 3.8) is 0 Å². The molecular formula is C23H31N3O6. The number of amides is 3. The molecule has 2 fully saturated rings. The van der Waals surface area contributed by atoms with Crippen molar-refractivity contribution < 1.29 is 28.7 Å². The molecule has 3 rings (SSSR count). The van der Waals surface area contributed by atoms with E-state index in [0.717, 1.165) is 12.8 Å². The zero-order valence-electron chi connectivity index (χ0n) is 18.7. The minimum absolute atomic E-state index is 0.0658. The molecule has 9 heteroatoms. The zero-order chi connectivity index (χ0) is 23.1. The van der Waals surface area contributed by atoms with E-state index >= 15 is 0 Å². The summed E-state index contributed by atoms with van der Waals surface area (Å²) in [5.41, 5.74) is 0.149. The first-order valence-electron chi connectivity index (χ1n) is 10.9. The molecule has 1 aliphatic carbocycles. The van der Waals surface area contributed by atoms with Gasteiger partial charge in [0.15, 0.2) is 6.61 Å². The summed E-state index contributed by atoms with van der Waals surface area (Å²) in [6.45, 7) is 1.66. The van der Waals surface area contributed by atoms with Crippen molar-refractivity contribution in [1.82, 2.24) is 9.80 Å². The summed E-state index contributed by atoms with van der Waals surface area (Å²) in [6, 6.07) is 6.48. The zero-order valence-corrected chi connectivity index (χ0v) is 18.7. The SMILES string of the molecule is CN(C)C(=O)c1ccc(NC(=O)COC(=O)C2(CC(=O)N3CCOCC3)CCCC2)cc1. The first-order chi connectivity index (χ1) is 15.3. The average Bonchev–Trinajstić information content (AvgIpc) is 3.27. The van der Waals surface area contributed by atoms with E-state index in [-0.39, 0.29) is 18.2 Å². The Labute approximate surface area is 188 Å². The Morgan fingerprint density at radius 2 is 1.69 bits per heavy atom. The van der Waals surface area contributed by atoms with E-state index in [1.54, 1.807) is 43.3 Å². The summed E-state index contributed by atoms with van der Waals surface area (Å²) >= 11 is 0. The van der Waals surface area contributed by atoms with Gasteiger partial charge in [0.2, 0.25) is 5.91 Å². The topological polar surface area (TPSA) is 105 Å². The molecule has 3 amide bonds. The number of nitrogens with zero attached hydrogens (tertiary/aromatic N) is 2. The molecule has 174 valence electrons. The van der Waals surface area contributed by atoms with Crippen LogP contribution in [0.15, 0.2) is 24.3 Å². The molecular weight excluding hydrogens is 414 g/mol. The summed E-state index contributed by atoms with van der Waals surface area (Å²) < 4.78 is 10.6. The van der Waals surface area contributed by atoms with Gasteiger partial charge in [0.25, 0.3) is 11.8 Å². The molecule has 32 heavy (non-hydrogen) atoms. The van der Waals surface area contributed by atoms with E-state index in [1.165, 1.54) is 4.90 Å². The van der Waals surface area contributed by atoms with E-state index in [1.807, 2.05) is 0 Å². The van der Waals surface area contributed by atoms with E-state index in [2.05, 4.69) is 5.32 Å². The van der Waals surface area contributed by atoms with Crippen molar-refractivity contribution in [2.75, 3.05) is 52.3 Å². The molecule has 0 radical (unpaired) electrons. The predicted molar refractivity (Wildman–Crippen MR) is 117 cm³/mol. The van der Waals surface area contributed by atoms with Crippen LogP contribution < -0.4 is 5.32 Å². The van der Waals surface area contributed by atoms with Gasteiger partial charge in [-0.25, -0.2) is 0 Å². The lowest BCUT2D eigenvalue weighted by atomic mass is 9.82. The van der Waals surface area contributed by atoms with E-state index < -0.39 is 23.9 Å². The monoisotopic (exact) mass is 445 g/mol. The molecule has 0 aromatic heterocycles. The molecule has 0 atom stereocenters. The number of carbonyl (C=O) groups excluding carboxylic acids is 4. The second-order valence-electron chi connectivity index (χ2n) is 8.56. The van der Waals surface area contributed by atoms with Crippen LogP contribution in [0.1, 0.15) is 42.5 Å². The number of hydrogen-bond acceptors (Lipinski definition) is 6. The second-order valence-corrected chi connectivity index (χ2v) is 8.56. The molecule has 1 aromatic rings. The Kier molecular flexibility index (Phi) is 7.84. The average molecular weight is 446 g/mol. The third-order valence-corrected chi connectivity index (χ3v) is 6.00. The Morgan fingerprint density at radius 1 is 1.06 bits per heavy atom. The van der Waals surface area contributed by atoms with Gasteiger partial charge in [0, 0.05) is 44.9 Å². The Balaban J connectivity index is 1.52. The van der Waals surface area contributed by atoms with Gasteiger partial charge in [0.05, 0.1) is 18.6 Å². The van der Waals surface area contributed by atoms with Gasteiger partial charge in [-0.1, -0.05) is 12.8 Å². The fraction of sp³-hybridized carbons (Fsp3) is 0.565. The first-order valence-corrected chi connectivity index (χ1v) is 10.9. The van der Waals surface area contributed by atoms with Crippen LogP contribution in [0.4, 0.5) is 5.69 Å². The van der Waals surface area contributed by atoms with Crippen molar-refractivity contribution in [3.8, 4) is 0 Å². The smallest absolute Gasteiger partial charge is 0.313 e. The number of hydrogen-bond donors (Lipinski definition) is 1. The van der Waals surface area contributed by atoms with Crippen LogP contribution in [-0.2, 0) is 23.9 Å². The van der Waals surface area contributed by atoms with Crippen LogP contribution >= 0.6 is 0 Å². The number of esters is 1. The summed E-state index contributed by atoms with van der Waals surface area (Å²) in [6.07, 6.45) is 3.00. The number of morpholine rings is 1. The normalized spacial score (nSPS) is 17.5. The summed E-state index contributed by atoms with van der Waals surface area (Å²) in [5, 5.41) is 2.66. The molecule has 0 bridgehead atoms. The number of anilines is 1. The maximum Gasteiger partial charge on any atom is 0.313 e. The van der Waals surface area contributed by atoms with E-state index in [4.69, 9.17) is 9.47 Å². The maximum atomic E-state index is 12.9. The van der Waals surface area contributed by atoms with Crippen molar-refractivity contribution in [2.45, 2.75) is 32.1 Å². The van der Waals surface area contributed by atoms with Crippen molar-refractivity contribution in [2.24, 2.45) is 5.41 Å². The van der Waals surface area contributed by atoms with Gasteiger partial charge in [-0.3, -0.25) is 19.2 Å². The summed E-state index contributed by atoms with van der Waals surface area (Å²) in [5.74, 6) is -1.16. The van der Waals surface area contributed by atoms with Gasteiger partial charge in [0.1, 0.15) is 0 Å². The van der Waals surface area contributed by atoms with Gasteiger partial charge >= 0.3 is 5.97 Å². The molecule has 1 saturated carbocycles. The van der Waals surface area contributed by atoms with Gasteiger partial charge in [-0.2, -0.15) is 0 Å². The number of benzene rings is 1. The van der Waals surface area contributed by atoms with Crippen LogP contribution in [-0.4, -0.2) is 80.5 Å². The van der Waals surface area contributed by atoms with Crippen molar-refractivity contribution >= 4 is 29.4 Å². The quantitative estimate of drug-likeness (QED) is 0.641. The molecule has 1 N–H and O–H groups in total. The van der Waals surface area contributed by atoms with Crippen molar-refractivity contribution in [3.05, 3.63) is 29.8 Å². The van der Waals surface area contributed by atoms with E-state index in [9.17, 15) is 19.2 Å². The minimum atomic E-state index is -0.857. The lowest BCUT2D eigenvalue weighted by molar-refractivity contribution is -0.161. The highest BCUT2D eigenvalue weighted by molar-refractivity contribution is 5.96. The van der Waals surface area contributed by atoms with Crippen molar-refractivity contribution in [1.29, 1.82) is 0 Å². The lowest BCUT2D eigenvalue weighted by Gasteiger charge is -2.31. The van der Waals surface area contributed by atoms with Crippen LogP contribution in [0.5, 0.6) is 0 Å². The van der Waals surface area contributed by atoms with Crippen LogP contribution in [0.25, 0.3) is 0 Å². The van der Waals surface area contributed by atoms with Crippen LogP contribution in [0, 0.1) is 5.41 Å². The highest BCUT2D eigenvalue weighted by atomic mass is 16.5. The van der Waals surface area contributed by atoms with Gasteiger partial charge in [-0.05, 0) is 37.1 Å². The highest BCUT2D eigenvalue weighted by Crippen LogP contribution is 2.42. The fourth-order valence-corrected chi connectivity index (χ4v) is 4.15. The molecule has 1 aliphatic heterocycles. The van der Waals surface area contributed by atoms with Crippen LogP contribution in [0.2, 0.25) is 0 Å². The second kappa shape index (κ2) is 10.6. The minimum Gasteiger partial charge on any atom is -0.455 e. The highest BCUT2D eigenvalue weighted by Gasteiger charge is 2.45. The Bertz CT molecular complexity index is 840. The van der Waals surface area contributed by atoms with E-state index in [0.29, 0.717) is 50.4 Å². The number of nitrogens with one attached hydrogen (secondary N) is 1. The molecule has 0 spiro atoms. The third kappa shape index (κ3) is 5.85. The van der Waals surface area contributed by atoms with Gasteiger partial charge in [-0.15, -0.1) is 0 Å². The molecule has 1 aromatic carbocycles. The summed E-state index contributed by atoms with van der Waals surface area (Å²) in [4.78, 5) is 53.0. The standard InChI is InChI=1S/C23H31N3O6/c1-25(2)21(29)17-5-7-18(8-6-17)24-19(27)16-32-22(30)23(9-3-4-10-23)15-20(28)26-11-13-31-14-12-26/h5-8H,3-4,9-16H2,1-2H3,(H,24,27). The molecule has 9 nitrogen and oxygen atoms in total. The first kappa shape index (κ1) is 23.7. The maximum absolute atomic E-state index is 12.9. The molecule has 2 aliphatic rings. The van der Waals surface area contributed by atoms with Crippen LogP contribution in [0.3, 0.4) is 0 Å². The lowest BCUT2D eigenvalue weighted by Crippen LogP contribution is -2.44. The summed E-state index contributed by atoms with van der Waals surface area (Å²) in [7, 11) is 3.33. The predicted octanol–water partition coefficient (Wildman–Crippen LogP) is 1.68. The fourth-order valence-electron chi connectivity index (χ4n) is 4.15. The largest absolute Gasteiger partial charge is 0.455 e. The molecule has 0 unspecified atom stereocenters.